The number of aromatic nitrogens is 3. The third kappa shape index (κ3) is 3.86. The van der Waals surface area contributed by atoms with Crippen LogP contribution in [0.1, 0.15) is 21.5 Å². The Morgan fingerprint density at radius 1 is 1.00 bits per heavy atom. The number of benzene rings is 3. The normalized spacial score (nSPS) is 10.8. The van der Waals surface area contributed by atoms with E-state index in [1.165, 1.54) is 0 Å². The van der Waals surface area contributed by atoms with Crippen LogP contribution in [0.25, 0.3) is 11.0 Å². The van der Waals surface area contributed by atoms with Gasteiger partial charge in [0.1, 0.15) is 11.3 Å². The van der Waals surface area contributed by atoms with Gasteiger partial charge in [0.25, 0.3) is 5.91 Å². The van der Waals surface area contributed by atoms with Gasteiger partial charge in [-0.3, -0.25) is 4.79 Å². The highest BCUT2D eigenvalue weighted by molar-refractivity contribution is 5.97. The molecule has 6 nitrogen and oxygen atoms in total. The van der Waals surface area contributed by atoms with Crippen LogP contribution < -0.4 is 10.1 Å². The molecule has 6 heteroatoms. The number of hydrogen-bond acceptors (Lipinski definition) is 4. The van der Waals surface area contributed by atoms with Crippen LogP contribution in [0.2, 0.25) is 0 Å². The lowest BCUT2D eigenvalue weighted by Crippen LogP contribution is -2.22. The zero-order chi connectivity index (χ0) is 19.3. The van der Waals surface area contributed by atoms with Crippen LogP contribution in [0.15, 0.2) is 72.8 Å². The number of carbonyl (C=O) groups excluding carboxylic acids is 1. The predicted octanol–water partition coefficient (Wildman–Crippen LogP) is 3.42. The quantitative estimate of drug-likeness (QED) is 0.563. The Morgan fingerprint density at radius 2 is 1.82 bits per heavy atom. The van der Waals surface area contributed by atoms with Crippen LogP contribution in [0.4, 0.5) is 0 Å². The Kier molecular flexibility index (Phi) is 5.01. The first-order chi connectivity index (χ1) is 13.7. The van der Waals surface area contributed by atoms with Crippen LogP contribution in [0, 0.1) is 0 Å². The SMILES string of the molecule is COc1cccc(Cn2nnc3cc(C(=O)NCc4ccccc4)ccc32)c1. The molecule has 1 heterocycles. The van der Waals surface area contributed by atoms with Crippen LogP contribution in [0.5, 0.6) is 5.75 Å². The summed E-state index contributed by atoms with van der Waals surface area (Å²) >= 11 is 0. The van der Waals surface area contributed by atoms with Crippen molar-refractivity contribution in [3.05, 3.63) is 89.5 Å². The molecule has 0 spiro atoms. The van der Waals surface area contributed by atoms with E-state index in [4.69, 9.17) is 4.74 Å². The standard InChI is InChI=1S/C22H20N4O2/c1-28-19-9-5-8-17(12-19)15-26-21-11-10-18(13-20(21)24-25-26)22(27)23-14-16-6-3-2-4-7-16/h2-13H,14-15H2,1H3,(H,23,27). The van der Waals surface area contributed by atoms with Gasteiger partial charge >= 0.3 is 0 Å². The summed E-state index contributed by atoms with van der Waals surface area (Å²) in [5.41, 5.74) is 4.26. The van der Waals surface area contributed by atoms with E-state index in [1.54, 1.807) is 19.2 Å². The Balaban J connectivity index is 1.50. The smallest absolute Gasteiger partial charge is 0.251 e. The van der Waals surface area contributed by atoms with Crippen molar-refractivity contribution < 1.29 is 9.53 Å². The number of carbonyl (C=O) groups is 1. The molecule has 4 aromatic rings. The molecular formula is C22H20N4O2. The van der Waals surface area contributed by atoms with Crippen molar-refractivity contribution in [3.8, 4) is 5.75 Å². The highest BCUT2D eigenvalue weighted by Gasteiger charge is 2.11. The Bertz CT molecular complexity index is 1110. The number of methoxy groups -OCH3 is 1. The molecule has 0 atom stereocenters. The molecule has 0 aliphatic rings. The van der Waals surface area contributed by atoms with Crippen molar-refractivity contribution in [2.24, 2.45) is 0 Å². The molecule has 1 amide bonds. The molecule has 4 rings (SSSR count). The van der Waals surface area contributed by atoms with E-state index in [1.807, 2.05) is 65.3 Å². The summed E-state index contributed by atoms with van der Waals surface area (Å²) in [6.45, 7) is 1.06. The van der Waals surface area contributed by atoms with Gasteiger partial charge in [-0.25, -0.2) is 4.68 Å². The second kappa shape index (κ2) is 7.92. The molecule has 140 valence electrons. The fourth-order valence-corrected chi connectivity index (χ4v) is 3.05. The van der Waals surface area contributed by atoms with Gasteiger partial charge in [-0.05, 0) is 41.5 Å². The maximum atomic E-state index is 12.5. The van der Waals surface area contributed by atoms with E-state index >= 15 is 0 Å². The maximum absolute atomic E-state index is 12.5. The highest BCUT2D eigenvalue weighted by Crippen LogP contribution is 2.17. The highest BCUT2D eigenvalue weighted by atomic mass is 16.5. The molecule has 0 aliphatic carbocycles. The molecule has 0 bridgehead atoms. The van der Waals surface area contributed by atoms with Gasteiger partial charge in [0.2, 0.25) is 0 Å². The van der Waals surface area contributed by atoms with Gasteiger partial charge < -0.3 is 10.1 Å². The Labute approximate surface area is 162 Å². The second-order valence-corrected chi connectivity index (χ2v) is 6.47. The van der Waals surface area contributed by atoms with Crippen molar-refractivity contribution in [1.82, 2.24) is 20.3 Å². The van der Waals surface area contributed by atoms with Crippen molar-refractivity contribution in [3.63, 3.8) is 0 Å². The van der Waals surface area contributed by atoms with E-state index < -0.39 is 0 Å². The van der Waals surface area contributed by atoms with Gasteiger partial charge in [-0.15, -0.1) is 5.10 Å². The topological polar surface area (TPSA) is 69.0 Å². The average Bonchev–Trinajstić information content (AvgIpc) is 3.15. The third-order valence-corrected chi connectivity index (χ3v) is 4.54. The van der Waals surface area contributed by atoms with E-state index in [-0.39, 0.29) is 5.91 Å². The molecule has 0 aliphatic heterocycles. The molecule has 0 saturated carbocycles. The Hall–Kier alpha value is -3.67. The largest absolute Gasteiger partial charge is 0.497 e. The van der Waals surface area contributed by atoms with Crippen LogP contribution in [-0.2, 0) is 13.1 Å². The molecule has 0 fully saturated rings. The monoisotopic (exact) mass is 372 g/mol. The number of nitrogens with one attached hydrogen (secondary N) is 1. The molecule has 1 aromatic heterocycles. The van der Waals surface area contributed by atoms with Gasteiger partial charge in [0.05, 0.1) is 19.2 Å². The van der Waals surface area contributed by atoms with Crippen LogP contribution in [0.3, 0.4) is 0 Å². The zero-order valence-corrected chi connectivity index (χ0v) is 15.5. The lowest BCUT2D eigenvalue weighted by atomic mass is 10.1. The third-order valence-electron chi connectivity index (χ3n) is 4.54. The summed E-state index contributed by atoms with van der Waals surface area (Å²) in [5, 5.41) is 11.4. The van der Waals surface area contributed by atoms with Gasteiger partial charge in [0, 0.05) is 12.1 Å². The first-order valence-electron chi connectivity index (χ1n) is 9.01. The molecular weight excluding hydrogens is 352 g/mol. The summed E-state index contributed by atoms with van der Waals surface area (Å²) in [6, 6.07) is 23.1. The minimum absolute atomic E-state index is 0.131. The average molecular weight is 372 g/mol. The van der Waals surface area contributed by atoms with Crippen LogP contribution in [-0.4, -0.2) is 28.0 Å². The molecule has 3 aromatic carbocycles. The summed E-state index contributed by atoms with van der Waals surface area (Å²) < 4.78 is 7.08. The van der Waals surface area contributed by atoms with E-state index in [0.717, 1.165) is 22.4 Å². The van der Waals surface area contributed by atoms with Gasteiger partial charge in [0.15, 0.2) is 0 Å². The molecule has 0 saturated heterocycles. The maximum Gasteiger partial charge on any atom is 0.251 e. The van der Waals surface area contributed by atoms with E-state index in [9.17, 15) is 4.79 Å². The minimum Gasteiger partial charge on any atom is -0.497 e. The molecule has 1 N–H and O–H groups in total. The number of amides is 1. The van der Waals surface area contributed by atoms with Crippen molar-refractivity contribution >= 4 is 16.9 Å². The summed E-state index contributed by atoms with van der Waals surface area (Å²) in [7, 11) is 1.65. The fraction of sp³-hybridized carbons (Fsp3) is 0.136. The van der Waals surface area contributed by atoms with Gasteiger partial charge in [-0.2, -0.15) is 0 Å². The van der Waals surface area contributed by atoms with Gasteiger partial charge in [-0.1, -0.05) is 47.7 Å². The second-order valence-electron chi connectivity index (χ2n) is 6.47. The number of rotatable bonds is 6. The van der Waals surface area contributed by atoms with E-state index in [2.05, 4.69) is 15.6 Å². The van der Waals surface area contributed by atoms with E-state index in [0.29, 0.717) is 24.2 Å². The fourth-order valence-electron chi connectivity index (χ4n) is 3.05. The zero-order valence-electron chi connectivity index (χ0n) is 15.5. The molecule has 0 radical (unpaired) electrons. The first kappa shape index (κ1) is 17.7. The lowest BCUT2D eigenvalue weighted by molar-refractivity contribution is 0.0951. The summed E-state index contributed by atoms with van der Waals surface area (Å²) in [5.74, 6) is 0.674. The van der Waals surface area contributed by atoms with Crippen molar-refractivity contribution in [2.45, 2.75) is 13.1 Å². The molecule has 28 heavy (non-hydrogen) atoms. The van der Waals surface area contributed by atoms with Crippen molar-refractivity contribution in [1.29, 1.82) is 0 Å². The first-order valence-corrected chi connectivity index (χ1v) is 9.01. The van der Waals surface area contributed by atoms with Crippen molar-refractivity contribution in [2.75, 3.05) is 7.11 Å². The Morgan fingerprint density at radius 3 is 2.64 bits per heavy atom. The number of fused-ring (bicyclic) bond motifs is 1. The molecule has 0 unspecified atom stereocenters. The summed E-state index contributed by atoms with van der Waals surface area (Å²) in [4.78, 5) is 12.5. The number of nitrogens with zero attached hydrogens (tertiary/aromatic N) is 3. The lowest BCUT2D eigenvalue weighted by Gasteiger charge is -2.07. The number of hydrogen-bond donors (Lipinski definition) is 1. The summed E-state index contributed by atoms with van der Waals surface area (Å²) in [6.07, 6.45) is 0. The predicted molar refractivity (Wildman–Crippen MR) is 107 cm³/mol. The van der Waals surface area contributed by atoms with Crippen LogP contribution >= 0.6 is 0 Å². The number of ether oxygens (including phenoxy) is 1. The minimum atomic E-state index is -0.131.